The summed E-state index contributed by atoms with van der Waals surface area (Å²) >= 11 is 0. The molecule has 0 radical (unpaired) electrons. The summed E-state index contributed by atoms with van der Waals surface area (Å²) in [6, 6.07) is 4.81. The summed E-state index contributed by atoms with van der Waals surface area (Å²) in [5.41, 5.74) is -1.75. The number of rotatable bonds is 5. The van der Waals surface area contributed by atoms with Crippen molar-refractivity contribution < 1.29 is 13.9 Å². The lowest BCUT2D eigenvalue weighted by molar-refractivity contribution is 0.0377. The van der Waals surface area contributed by atoms with Crippen molar-refractivity contribution in [3.8, 4) is 11.8 Å². The number of halogens is 1. The van der Waals surface area contributed by atoms with Crippen molar-refractivity contribution in [3.05, 3.63) is 61.7 Å². The molecule has 1 aromatic carbocycles. The van der Waals surface area contributed by atoms with Crippen molar-refractivity contribution >= 4 is 5.97 Å². The number of esters is 1. The Hall–Kier alpha value is -3.21. The monoisotopic (exact) mass is 373 g/mol. The smallest absolute Gasteiger partial charge is 0.339 e. The van der Waals surface area contributed by atoms with Crippen molar-refractivity contribution in [2.45, 2.75) is 46.8 Å². The maximum absolute atomic E-state index is 14.6. The quantitative estimate of drug-likeness (QED) is 0.749. The molecule has 0 saturated heterocycles. The molecular formula is C19H20FN3O4. The maximum atomic E-state index is 14.6. The van der Waals surface area contributed by atoms with E-state index in [2.05, 4.69) is 0 Å². The average molecular weight is 373 g/mol. The maximum Gasteiger partial charge on any atom is 0.339 e. The summed E-state index contributed by atoms with van der Waals surface area (Å²) in [5, 5.41) is 9.19. The lowest BCUT2D eigenvalue weighted by atomic mass is 10.1. The summed E-state index contributed by atoms with van der Waals surface area (Å²) in [6.07, 6.45) is 0.00229. The first-order valence-electron chi connectivity index (χ1n) is 8.55. The van der Waals surface area contributed by atoms with E-state index >= 15 is 0 Å². The van der Waals surface area contributed by atoms with E-state index in [9.17, 15) is 24.0 Å². The molecule has 0 aliphatic heterocycles. The normalized spacial score (nSPS) is 10.7. The molecule has 0 unspecified atom stereocenters. The highest BCUT2D eigenvalue weighted by Crippen LogP contribution is 2.19. The Labute approximate surface area is 155 Å². The Balaban J connectivity index is 2.81. The Kier molecular flexibility index (Phi) is 5.95. The zero-order valence-electron chi connectivity index (χ0n) is 15.6. The summed E-state index contributed by atoms with van der Waals surface area (Å²) in [5.74, 6) is -1.80. The molecule has 0 aliphatic rings. The molecule has 142 valence electrons. The van der Waals surface area contributed by atoms with Crippen LogP contribution >= 0.6 is 0 Å². The van der Waals surface area contributed by atoms with Crippen molar-refractivity contribution in [1.29, 1.82) is 5.26 Å². The van der Waals surface area contributed by atoms with Gasteiger partial charge in [0.2, 0.25) is 0 Å². The van der Waals surface area contributed by atoms with Gasteiger partial charge in [0.25, 0.3) is 5.56 Å². The molecule has 0 saturated carbocycles. The minimum atomic E-state index is -0.959. The third-order valence-corrected chi connectivity index (χ3v) is 3.97. The van der Waals surface area contributed by atoms with E-state index in [0.29, 0.717) is 23.2 Å². The van der Waals surface area contributed by atoms with E-state index in [1.165, 1.54) is 10.6 Å². The fraction of sp³-hybridized carbons (Fsp3) is 0.368. The molecule has 27 heavy (non-hydrogen) atoms. The van der Waals surface area contributed by atoms with Crippen LogP contribution in [0.2, 0.25) is 0 Å². The first-order valence-corrected chi connectivity index (χ1v) is 8.55. The SMILES string of the molecule is CCc1cc(=O)n(-c2cc(C(=O)OC(C)C)c(C#N)cc2F)c(=O)n1CC. The van der Waals surface area contributed by atoms with E-state index in [1.54, 1.807) is 33.8 Å². The number of hydrogen-bond donors (Lipinski definition) is 0. The van der Waals surface area contributed by atoms with Gasteiger partial charge >= 0.3 is 11.7 Å². The Morgan fingerprint density at radius 1 is 1.26 bits per heavy atom. The molecule has 1 aromatic heterocycles. The van der Waals surface area contributed by atoms with E-state index in [4.69, 9.17) is 4.74 Å². The van der Waals surface area contributed by atoms with Gasteiger partial charge in [-0.2, -0.15) is 5.26 Å². The molecule has 0 fully saturated rings. The number of benzene rings is 1. The van der Waals surface area contributed by atoms with Gasteiger partial charge in [-0.15, -0.1) is 0 Å². The topological polar surface area (TPSA) is 94.1 Å². The van der Waals surface area contributed by atoms with Gasteiger partial charge in [-0.1, -0.05) is 6.92 Å². The van der Waals surface area contributed by atoms with Gasteiger partial charge in [0, 0.05) is 18.3 Å². The lowest BCUT2D eigenvalue weighted by Crippen LogP contribution is -2.40. The number of nitrogens with zero attached hydrogens (tertiary/aromatic N) is 3. The van der Waals surface area contributed by atoms with E-state index < -0.39 is 34.8 Å². The van der Waals surface area contributed by atoms with E-state index in [-0.39, 0.29) is 11.1 Å². The fourth-order valence-electron chi connectivity index (χ4n) is 2.75. The molecule has 0 spiro atoms. The van der Waals surface area contributed by atoms with Gasteiger partial charge in [-0.25, -0.2) is 18.5 Å². The van der Waals surface area contributed by atoms with Crippen LogP contribution in [0.4, 0.5) is 4.39 Å². The molecular weight excluding hydrogens is 353 g/mol. The molecule has 8 heteroatoms. The van der Waals surface area contributed by atoms with Crippen molar-refractivity contribution in [2.24, 2.45) is 0 Å². The third kappa shape index (κ3) is 3.82. The zero-order chi connectivity index (χ0) is 20.3. The highest BCUT2D eigenvalue weighted by atomic mass is 19.1. The number of ether oxygens (including phenoxy) is 1. The molecule has 1 heterocycles. The van der Waals surface area contributed by atoms with Crippen molar-refractivity contribution in [1.82, 2.24) is 9.13 Å². The number of carbonyl (C=O) groups is 1. The Bertz CT molecular complexity index is 1040. The fourth-order valence-corrected chi connectivity index (χ4v) is 2.75. The Morgan fingerprint density at radius 2 is 1.93 bits per heavy atom. The molecule has 0 aliphatic carbocycles. The number of carbonyl (C=O) groups excluding carboxylic acids is 1. The van der Waals surface area contributed by atoms with Gasteiger partial charge in [0.1, 0.15) is 11.9 Å². The van der Waals surface area contributed by atoms with Gasteiger partial charge in [0.05, 0.1) is 22.9 Å². The first kappa shape index (κ1) is 20.1. The van der Waals surface area contributed by atoms with Crippen LogP contribution in [-0.2, 0) is 17.7 Å². The van der Waals surface area contributed by atoms with E-state index in [1.807, 2.05) is 0 Å². The van der Waals surface area contributed by atoms with Crippen LogP contribution in [0.15, 0.2) is 27.8 Å². The number of aromatic nitrogens is 2. The van der Waals surface area contributed by atoms with E-state index in [0.717, 1.165) is 12.1 Å². The van der Waals surface area contributed by atoms with Crippen LogP contribution in [0.3, 0.4) is 0 Å². The minimum Gasteiger partial charge on any atom is -0.459 e. The van der Waals surface area contributed by atoms with Crippen LogP contribution < -0.4 is 11.2 Å². The second kappa shape index (κ2) is 7.99. The largest absolute Gasteiger partial charge is 0.459 e. The number of aryl methyl sites for hydroxylation is 1. The van der Waals surface area contributed by atoms with Crippen molar-refractivity contribution in [3.63, 3.8) is 0 Å². The van der Waals surface area contributed by atoms with Crippen LogP contribution in [0.25, 0.3) is 5.69 Å². The zero-order valence-corrected chi connectivity index (χ0v) is 15.6. The Morgan fingerprint density at radius 3 is 2.44 bits per heavy atom. The standard InChI is InChI=1S/C19H20FN3O4/c1-5-13-8-17(24)23(19(26)22(13)6-2)16-9-14(18(25)27-11(3)4)12(10-21)7-15(16)20/h7-9,11H,5-6H2,1-4H3. The highest BCUT2D eigenvalue weighted by Gasteiger charge is 2.21. The molecule has 2 rings (SSSR count). The minimum absolute atomic E-state index is 0.212. The summed E-state index contributed by atoms with van der Waals surface area (Å²) in [4.78, 5) is 37.5. The lowest BCUT2D eigenvalue weighted by Gasteiger charge is -2.15. The van der Waals surface area contributed by atoms with Crippen LogP contribution in [-0.4, -0.2) is 21.2 Å². The molecule has 0 N–H and O–H groups in total. The predicted molar refractivity (Wildman–Crippen MR) is 96.6 cm³/mol. The summed E-state index contributed by atoms with van der Waals surface area (Å²) < 4.78 is 21.7. The summed E-state index contributed by atoms with van der Waals surface area (Å²) in [7, 11) is 0. The first-order chi connectivity index (χ1) is 12.7. The molecule has 0 amide bonds. The van der Waals surface area contributed by atoms with Crippen LogP contribution in [0, 0.1) is 17.1 Å². The van der Waals surface area contributed by atoms with Gasteiger partial charge < -0.3 is 4.74 Å². The summed E-state index contributed by atoms with van der Waals surface area (Å²) in [6.45, 7) is 7.08. The molecule has 0 atom stereocenters. The van der Waals surface area contributed by atoms with Crippen LogP contribution in [0.1, 0.15) is 49.3 Å². The molecule has 0 bridgehead atoms. The van der Waals surface area contributed by atoms with Gasteiger partial charge in [-0.05, 0) is 39.3 Å². The second-order valence-corrected chi connectivity index (χ2v) is 6.10. The molecule has 7 nitrogen and oxygen atoms in total. The number of nitriles is 1. The van der Waals surface area contributed by atoms with Crippen molar-refractivity contribution in [2.75, 3.05) is 0 Å². The molecule has 2 aromatic rings. The van der Waals surface area contributed by atoms with Gasteiger partial charge in [-0.3, -0.25) is 9.36 Å². The van der Waals surface area contributed by atoms with Gasteiger partial charge in [0.15, 0.2) is 0 Å². The second-order valence-electron chi connectivity index (χ2n) is 6.10. The average Bonchev–Trinajstić information content (AvgIpc) is 2.61. The van der Waals surface area contributed by atoms with Crippen LogP contribution in [0.5, 0.6) is 0 Å². The number of hydrogen-bond acceptors (Lipinski definition) is 5. The predicted octanol–water partition coefficient (Wildman–Crippen LogP) is 2.16. The third-order valence-electron chi connectivity index (χ3n) is 3.97. The highest BCUT2D eigenvalue weighted by molar-refractivity contribution is 5.93.